The molecule has 2 heterocycles. The first-order valence-corrected chi connectivity index (χ1v) is 10.5. The zero-order valence-corrected chi connectivity index (χ0v) is 18.2. The van der Waals surface area contributed by atoms with E-state index in [9.17, 15) is 0 Å². The molecule has 1 aromatic heterocycles. The Morgan fingerprint density at radius 3 is 2.28 bits per heavy atom. The van der Waals surface area contributed by atoms with E-state index >= 15 is 0 Å². The molecule has 0 bridgehead atoms. The van der Waals surface area contributed by atoms with Crippen LogP contribution in [0.15, 0.2) is 59.7 Å². The lowest BCUT2D eigenvalue weighted by atomic mass is 10.2. The third-order valence-corrected chi connectivity index (χ3v) is 5.94. The van der Waals surface area contributed by atoms with Gasteiger partial charge >= 0.3 is 0 Å². The fourth-order valence-electron chi connectivity index (χ4n) is 3.79. The third kappa shape index (κ3) is 4.29. The minimum absolute atomic E-state index is 0.746. The highest BCUT2D eigenvalue weighted by Gasteiger charge is 2.16. The Kier molecular flexibility index (Phi) is 5.84. The number of para-hydroxylation sites is 1. The van der Waals surface area contributed by atoms with E-state index in [-0.39, 0.29) is 0 Å². The number of hydrogen-bond acceptors (Lipinski definition) is 3. The van der Waals surface area contributed by atoms with Crippen molar-refractivity contribution in [3.63, 3.8) is 0 Å². The van der Waals surface area contributed by atoms with Crippen LogP contribution in [0.5, 0.6) is 0 Å². The van der Waals surface area contributed by atoms with Gasteiger partial charge in [-0.25, -0.2) is 0 Å². The van der Waals surface area contributed by atoms with Crippen molar-refractivity contribution in [1.29, 1.82) is 0 Å². The van der Waals surface area contributed by atoms with Crippen LogP contribution in [0.3, 0.4) is 0 Å². The summed E-state index contributed by atoms with van der Waals surface area (Å²) in [6, 6.07) is 18.1. The van der Waals surface area contributed by atoms with Crippen molar-refractivity contribution in [3.05, 3.63) is 81.6 Å². The molecule has 1 fully saturated rings. The fourth-order valence-corrected chi connectivity index (χ4v) is 4.13. The maximum absolute atomic E-state index is 6.41. The van der Waals surface area contributed by atoms with Crippen molar-refractivity contribution >= 4 is 35.1 Å². The average Bonchev–Trinajstić information content (AvgIpc) is 3.01. The lowest BCUT2D eigenvalue weighted by Crippen LogP contribution is -2.44. The molecule has 0 unspecified atom stereocenters. The van der Waals surface area contributed by atoms with E-state index in [0.29, 0.717) is 0 Å². The Balaban J connectivity index is 1.45. The van der Waals surface area contributed by atoms with E-state index < -0.39 is 0 Å². The van der Waals surface area contributed by atoms with Crippen LogP contribution in [0.4, 0.5) is 5.69 Å². The molecule has 6 heteroatoms. The predicted octanol–water partition coefficient (Wildman–Crippen LogP) is 5.56. The molecule has 0 N–H and O–H groups in total. The summed E-state index contributed by atoms with van der Waals surface area (Å²) in [5.41, 5.74) is 5.60. The first-order chi connectivity index (χ1) is 14.0. The SMILES string of the molecule is Cc1cc(/C=N\N2CCN(c3ccc(Cl)cc3)CC2)c(C)n1-c1ccccc1Cl. The summed E-state index contributed by atoms with van der Waals surface area (Å²) in [7, 11) is 0. The number of rotatable bonds is 4. The summed E-state index contributed by atoms with van der Waals surface area (Å²) in [6.45, 7) is 7.87. The number of aromatic nitrogens is 1. The highest BCUT2D eigenvalue weighted by atomic mass is 35.5. The second-order valence-electron chi connectivity index (χ2n) is 7.27. The zero-order valence-electron chi connectivity index (χ0n) is 16.6. The Hall–Kier alpha value is -2.43. The van der Waals surface area contributed by atoms with E-state index in [4.69, 9.17) is 28.3 Å². The molecule has 0 saturated carbocycles. The summed E-state index contributed by atoms with van der Waals surface area (Å²) in [4.78, 5) is 2.37. The second kappa shape index (κ2) is 8.52. The first kappa shape index (κ1) is 19.9. The molecule has 0 aliphatic carbocycles. The van der Waals surface area contributed by atoms with Crippen molar-refractivity contribution in [2.24, 2.45) is 5.10 Å². The van der Waals surface area contributed by atoms with Crippen molar-refractivity contribution < 1.29 is 0 Å². The maximum atomic E-state index is 6.41. The molecule has 2 aromatic carbocycles. The normalized spacial score (nSPS) is 14.8. The van der Waals surface area contributed by atoms with Crippen LogP contribution in [0.1, 0.15) is 17.0 Å². The van der Waals surface area contributed by atoms with Gasteiger partial charge in [0.25, 0.3) is 0 Å². The number of piperazine rings is 1. The zero-order chi connectivity index (χ0) is 20.4. The van der Waals surface area contributed by atoms with Crippen LogP contribution >= 0.6 is 23.2 Å². The Labute approximate surface area is 182 Å². The monoisotopic (exact) mass is 426 g/mol. The van der Waals surface area contributed by atoms with Crippen LogP contribution in [-0.2, 0) is 0 Å². The van der Waals surface area contributed by atoms with E-state index in [0.717, 1.165) is 58.9 Å². The van der Waals surface area contributed by atoms with Crippen molar-refractivity contribution in [1.82, 2.24) is 9.58 Å². The number of halogens is 2. The molecule has 29 heavy (non-hydrogen) atoms. The van der Waals surface area contributed by atoms with E-state index in [1.807, 2.05) is 42.6 Å². The summed E-state index contributed by atoms with van der Waals surface area (Å²) in [6.07, 6.45) is 1.97. The molecule has 1 aliphatic heterocycles. The second-order valence-corrected chi connectivity index (χ2v) is 8.12. The minimum Gasteiger partial charge on any atom is -0.368 e. The van der Waals surface area contributed by atoms with Gasteiger partial charge in [0.1, 0.15) is 0 Å². The summed E-state index contributed by atoms with van der Waals surface area (Å²) in [5.74, 6) is 0. The van der Waals surface area contributed by atoms with Gasteiger partial charge in [0, 0.05) is 40.8 Å². The molecule has 0 amide bonds. The van der Waals surface area contributed by atoms with Gasteiger partial charge in [-0.2, -0.15) is 5.10 Å². The van der Waals surface area contributed by atoms with Gasteiger partial charge in [0.05, 0.1) is 30.0 Å². The number of nitrogens with zero attached hydrogens (tertiary/aromatic N) is 4. The topological polar surface area (TPSA) is 23.8 Å². The van der Waals surface area contributed by atoms with E-state index in [1.54, 1.807) is 0 Å². The third-order valence-electron chi connectivity index (χ3n) is 5.37. The number of anilines is 1. The van der Waals surface area contributed by atoms with Crippen molar-refractivity contribution in [3.8, 4) is 5.69 Å². The Bertz CT molecular complexity index is 1020. The van der Waals surface area contributed by atoms with E-state index in [2.05, 4.69) is 46.5 Å². The molecule has 1 saturated heterocycles. The number of benzene rings is 2. The maximum Gasteiger partial charge on any atom is 0.0646 e. The lowest BCUT2D eigenvalue weighted by Gasteiger charge is -2.34. The quantitative estimate of drug-likeness (QED) is 0.510. The molecule has 3 aromatic rings. The van der Waals surface area contributed by atoms with Crippen LogP contribution in [0, 0.1) is 13.8 Å². The van der Waals surface area contributed by atoms with Gasteiger partial charge in [-0.3, -0.25) is 5.01 Å². The molecular weight excluding hydrogens is 403 g/mol. The van der Waals surface area contributed by atoms with Crippen LogP contribution in [0.25, 0.3) is 5.69 Å². The van der Waals surface area contributed by atoms with Crippen LogP contribution in [-0.4, -0.2) is 42.0 Å². The van der Waals surface area contributed by atoms with Crippen LogP contribution < -0.4 is 4.90 Å². The molecule has 0 radical (unpaired) electrons. The van der Waals surface area contributed by atoms with Gasteiger partial charge in [-0.15, -0.1) is 0 Å². The van der Waals surface area contributed by atoms with Crippen molar-refractivity contribution in [2.75, 3.05) is 31.1 Å². The highest BCUT2D eigenvalue weighted by Crippen LogP contribution is 2.26. The fraction of sp³-hybridized carbons (Fsp3) is 0.261. The molecule has 0 atom stereocenters. The van der Waals surface area contributed by atoms with Crippen molar-refractivity contribution in [2.45, 2.75) is 13.8 Å². The Morgan fingerprint density at radius 1 is 0.897 bits per heavy atom. The summed E-state index contributed by atoms with van der Waals surface area (Å²) >= 11 is 12.4. The van der Waals surface area contributed by atoms with Gasteiger partial charge in [-0.1, -0.05) is 35.3 Å². The molecule has 150 valence electrons. The highest BCUT2D eigenvalue weighted by molar-refractivity contribution is 6.32. The predicted molar refractivity (Wildman–Crippen MR) is 123 cm³/mol. The first-order valence-electron chi connectivity index (χ1n) is 9.76. The molecular formula is C23H24Cl2N4. The smallest absolute Gasteiger partial charge is 0.0646 e. The molecule has 0 spiro atoms. The van der Waals surface area contributed by atoms with Gasteiger partial charge in [-0.05, 0) is 56.3 Å². The number of aryl methyl sites for hydroxylation is 1. The molecule has 1 aliphatic rings. The standard InChI is InChI=1S/C23H24Cl2N4/c1-17-15-19(18(2)29(17)23-6-4-3-5-22(23)25)16-26-28-13-11-27(12-14-28)21-9-7-20(24)8-10-21/h3-10,15-16H,11-14H2,1-2H3/b26-16-. The molecule has 4 rings (SSSR count). The van der Waals surface area contributed by atoms with Gasteiger partial charge in [0.15, 0.2) is 0 Å². The Morgan fingerprint density at radius 2 is 1.59 bits per heavy atom. The lowest BCUT2D eigenvalue weighted by molar-refractivity contribution is 0.272. The summed E-state index contributed by atoms with van der Waals surface area (Å²) in [5, 5.41) is 8.39. The van der Waals surface area contributed by atoms with E-state index in [1.165, 1.54) is 5.69 Å². The molecule has 4 nitrogen and oxygen atoms in total. The van der Waals surface area contributed by atoms with Gasteiger partial charge < -0.3 is 9.47 Å². The van der Waals surface area contributed by atoms with Crippen LogP contribution in [0.2, 0.25) is 10.0 Å². The largest absolute Gasteiger partial charge is 0.368 e. The minimum atomic E-state index is 0.746. The number of hydrazone groups is 1. The van der Waals surface area contributed by atoms with Gasteiger partial charge in [0.2, 0.25) is 0 Å². The summed E-state index contributed by atoms with van der Waals surface area (Å²) < 4.78 is 2.18. The number of hydrogen-bond donors (Lipinski definition) is 0. The average molecular weight is 427 g/mol.